The number of aldehydes is 1. The molecule has 1 saturated heterocycles. The summed E-state index contributed by atoms with van der Waals surface area (Å²) >= 11 is 0. The highest BCUT2D eigenvalue weighted by Crippen LogP contribution is 2.30. The highest BCUT2D eigenvalue weighted by atomic mass is 16.5. The van der Waals surface area contributed by atoms with Crippen molar-refractivity contribution in [3.8, 4) is 17.0 Å². The van der Waals surface area contributed by atoms with Gasteiger partial charge in [0, 0.05) is 36.0 Å². The number of hydrogen-bond donors (Lipinski definition) is 0. The smallest absolute Gasteiger partial charge is 0.216 e. The summed E-state index contributed by atoms with van der Waals surface area (Å²) in [4.78, 5) is 18.3. The molecule has 0 aliphatic carbocycles. The van der Waals surface area contributed by atoms with E-state index in [2.05, 4.69) is 28.1 Å². The van der Waals surface area contributed by atoms with Crippen LogP contribution in [0.15, 0.2) is 66.9 Å². The SMILES string of the molecule is Cc1cccnc1OC1CCN(c2ccc(-c3ccccc3)cc2C=O)C1. The lowest BCUT2D eigenvalue weighted by molar-refractivity contribution is 0.112. The summed E-state index contributed by atoms with van der Waals surface area (Å²) in [6.07, 6.45) is 3.68. The Labute approximate surface area is 159 Å². The normalized spacial score (nSPS) is 16.3. The second kappa shape index (κ2) is 7.62. The molecule has 4 heteroatoms. The third kappa shape index (κ3) is 3.70. The van der Waals surface area contributed by atoms with Crippen molar-refractivity contribution >= 4 is 12.0 Å². The van der Waals surface area contributed by atoms with E-state index in [1.54, 1.807) is 6.20 Å². The van der Waals surface area contributed by atoms with E-state index in [-0.39, 0.29) is 6.10 Å². The Balaban J connectivity index is 1.52. The van der Waals surface area contributed by atoms with Gasteiger partial charge in [-0.05, 0) is 36.2 Å². The number of carbonyl (C=O) groups is 1. The van der Waals surface area contributed by atoms with Crippen LogP contribution in [0.4, 0.5) is 5.69 Å². The van der Waals surface area contributed by atoms with E-state index in [1.165, 1.54) is 0 Å². The number of pyridine rings is 1. The van der Waals surface area contributed by atoms with Crippen LogP contribution in [0.5, 0.6) is 5.88 Å². The zero-order chi connectivity index (χ0) is 18.6. The average molecular weight is 358 g/mol. The molecule has 0 amide bonds. The van der Waals surface area contributed by atoms with Crippen LogP contribution in [0, 0.1) is 6.92 Å². The number of rotatable bonds is 5. The first-order chi connectivity index (χ1) is 13.2. The van der Waals surface area contributed by atoms with E-state index in [0.717, 1.165) is 48.2 Å². The summed E-state index contributed by atoms with van der Waals surface area (Å²) in [6.45, 7) is 3.62. The Morgan fingerprint density at radius 1 is 1.07 bits per heavy atom. The van der Waals surface area contributed by atoms with Crippen molar-refractivity contribution in [2.24, 2.45) is 0 Å². The van der Waals surface area contributed by atoms with Gasteiger partial charge in [-0.1, -0.05) is 42.5 Å². The van der Waals surface area contributed by atoms with Crippen LogP contribution in [0.3, 0.4) is 0 Å². The molecular formula is C23H22N2O2. The van der Waals surface area contributed by atoms with Gasteiger partial charge in [0.05, 0.1) is 6.54 Å². The Morgan fingerprint density at radius 2 is 1.93 bits per heavy atom. The van der Waals surface area contributed by atoms with E-state index in [9.17, 15) is 4.79 Å². The van der Waals surface area contributed by atoms with Gasteiger partial charge in [-0.2, -0.15) is 0 Å². The summed E-state index contributed by atoms with van der Waals surface area (Å²) in [5.41, 5.74) is 4.88. The Kier molecular flexibility index (Phi) is 4.88. The fourth-order valence-corrected chi connectivity index (χ4v) is 3.54. The molecule has 0 spiro atoms. The fraction of sp³-hybridized carbons (Fsp3) is 0.217. The maximum atomic E-state index is 11.7. The van der Waals surface area contributed by atoms with Crippen LogP contribution < -0.4 is 9.64 Å². The highest BCUT2D eigenvalue weighted by molar-refractivity contribution is 5.87. The number of aromatic nitrogens is 1. The summed E-state index contributed by atoms with van der Waals surface area (Å²) in [6, 6.07) is 20.1. The zero-order valence-corrected chi connectivity index (χ0v) is 15.3. The van der Waals surface area contributed by atoms with E-state index >= 15 is 0 Å². The number of ether oxygens (including phenoxy) is 1. The highest BCUT2D eigenvalue weighted by Gasteiger charge is 2.26. The Morgan fingerprint density at radius 3 is 2.70 bits per heavy atom. The van der Waals surface area contributed by atoms with Gasteiger partial charge in [-0.15, -0.1) is 0 Å². The number of aryl methyl sites for hydroxylation is 1. The molecule has 3 aromatic rings. The zero-order valence-electron chi connectivity index (χ0n) is 15.3. The molecule has 4 nitrogen and oxygen atoms in total. The van der Waals surface area contributed by atoms with Crippen LogP contribution in [-0.4, -0.2) is 30.5 Å². The van der Waals surface area contributed by atoms with Crippen LogP contribution in [-0.2, 0) is 0 Å². The van der Waals surface area contributed by atoms with Crippen LogP contribution in [0.2, 0.25) is 0 Å². The molecule has 2 aromatic carbocycles. The van der Waals surface area contributed by atoms with Gasteiger partial charge >= 0.3 is 0 Å². The van der Waals surface area contributed by atoms with Crippen LogP contribution in [0.1, 0.15) is 22.3 Å². The molecule has 0 bridgehead atoms. The minimum Gasteiger partial charge on any atom is -0.472 e. The molecule has 27 heavy (non-hydrogen) atoms. The minimum atomic E-state index is 0.0758. The topological polar surface area (TPSA) is 42.4 Å². The van der Waals surface area contributed by atoms with Gasteiger partial charge in [-0.25, -0.2) is 4.98 Å². The molecule has 4 rings (SSSR count). The molecular weight excluding hydrogens is 336 g/mol. The van der Waals surface area contributed by atoms with Crippen molar-refractivity contribution in [1.82, 2.24) is 4.98 Å². The molecule has 0 N–H and O–H groups in total. The molecule has 1 aromatic heterocycles. The Bertz CT molecular complexity index is 940. The van der Waals surface area contributed by atoms with E-state index in [1.807, 2.05) is 49.4 Å². The summed E-state index contributed by atoms with van der Waals surface area (Å²) in [7, 11) is 0. The maximum Gasteiger partial charge on any atom is 0.216 e. The minimum absolute atomic E-state index is 0.0758. The molecule has 136 valence electrons. The van der Waals surface area contributed by atoms with E-state index in [0.29, 0.717) is 11.4 Å². The molecule has 1 aliphatic heterocycles. The van der Waals surface area contributed by atoms with Crippen molar-refractivity contribution in [2.45, 2.75) is 19.4 Å². The van der Waals surface area contributed by atoms with Crippen LogP contribution >= 0.6 is 0 Å². The van der Waals surface area contributed by atoms with E-state index in [4.69, 9.17) is 4.74 Å². The Hall–Kier alpha value is -3.14. The molecule has 1 unspecified atom stereocenters. The summed E-state index contributed by atoms with van der Waals surface area (Å²) in [5, 5.41) is 0. The molecule has 1 atom stereocenters. The standard InChI is InChI=1S/C23H22N2O2/c1-17-6-5-12-24-23(17)27-21-11-13-25(15-21)22-10-9-19(14-20(22)16-26)18-7-3-2-4-8-18/h2-10,12,14,16,21H,11,13,15H2,1H3. The maximum absolute atomic E-state index is 11.7. The van der Waals surface area contributed by atoms with Crippen molar-refractivity contribution in [3.05, 3.63) is 78.0 Å². The first-order valence-electron chi connectivity index (χ1n) is 9.22. The average Bonchev–Trinajstić information content (AvgIpc) is 3.18. The van der Waals surface area contributed by atoms with Gasteiger partial charge in [0.1, 0.15) is 6.10 Å². The van der Waals surface area contributed by atoms with Gasteiger partial charge < -0.3 is 9.64 Å². The van der Waals surface area contributed by atoms with E-state index < -0.39 is 0 Å². The predicted molar refractivity (Wildman–Crippen MR) is 107 cm³/mol. The number of anilines is 1. The lowest BCUT2D eigenvalue weighted by Gasteiger charge is -2.21. The lowest BCUT2D eigenvalue weighted by atomic mass is 10.0. The lowest BCUT2D eigenvalue weighted by Crippen LogP contribution is -2.25. The first-order valence-corrected chi connectivity index (χ1v) is 9.22. The van der Waals surface area contributed by atoms with Crippen molar-refractivity contribution < 1.29 is 9.53 Å². The van der Waals surface area contributed by atoms with Gasteiger partial charge in [-0.3, -0.25) is 4.79 Å². The van der Waals surface area contributed by atoms with Crippen LogP contribution in [0.25, 0.3) is 11.1 Å². The summed E-state index contributed by atoms with van der Waals surface area (Å²) < 4.78 is 6.08. The largest absolute Gasteiger partial charge is 0.472 e. The number of carbonyl (C=O) groups excluding carboxylic acids is 1. The monoisotopic (exact) mass is 358 g/mol. The third-order valence-electron chi connectivity index (χ3n) is 4.99. The number of benzene rings is 2. The van der Waals surface area contributed by atoms with Gasteiger partial charge in [0.15, 0.2) is 6.29 Å². The van der Waals surface area contributed by atoms with Gasteiger partial charge in [0.25, 0.3) is 0 Å². The molecule has 0 saturated carbocycles. The molecule has 1 fully saturated rings. The molecule has 2 heterocycles. The second-order valence-electron chi connectivity index (χ2n) is 6.86. The van der Waals surface area contributed by atoms with Gasteiger partial charge in [0.2, 0.25) is 5.88 Å². The predicted octanol–water partition coefficient (Wildman–Crippen LogP) is 4.53. The van der Waals surface area contributed by atoms with Crippen molar-refractivity contribution in [3.63, 3.8) is 0 Å². The number of hydrogen-bond acceptors (Lipinski definition) is 4. The molecule has 1 aliphatic rings. The molecule has 0 radical (unpaired) electrons. The van der Waals surface area contributed by atoms with Crippen molar-refractivity contribution in [2.75, 3.05) is 18.0 Å². The van der Waals surface area contributed by atoms with Crippen molar-refractivity contribution in [1.29, 1.82) is 0 Å². The summed E-state index contributed by atoms with van der Waals surface area (Å²) in [5.74, 6) is 0.694. The fourth-order valence-electron chi connectivity index (χ4n) is 3.54. The number of nitrogens with zero attached hydrogens (tertiary/aromatic N) is 2. The quantitative estimate of drug-likeness (QED) is 0.629. The third-order valence-corrected chi connectivity index (χ3v) is 4.99. The first kappa shape index (κ1) is 17.3. The second-order valence-corrected chi connectivity index (χ2v) is 6.86.